The lowest BCUT2D eigenvalue weighted by atomic mass is 9.98. The molecule has 94 valence electrons. The minimum atomic E-state index is -0.265. The Hall–Kier alpha value is -0.940. The van der Waals surface area contributed by atoms with Gasteiger partial charge >= 0.3 is 5.97 Å². The highest BCUT2D eigenvalue weighted by Gasteiger charge is 2.24. The molecule has 0 N–H and O–H groups in total. The maximum atomic E-state index is 11.5. The number of aryl methyl sites for hydroxylation is 1. The fourth-order valence-electron chi connectivity index (χ4n) is 2.13. The van der Waals surface area contributed by atoms with Crippen molar-refractivity contribution in [2.75, 3.05) is 27.2 Å². The first-order chi connectivity index (χ1) is 8.11. The third kappa shape index (κ3) is 2.66. The summed E-state index contributed by atoms with van der Waals surface area (Å²) >= 11 is 1.50. The molecule has 0 bridgehead atoms. The average Bonchev–Trinajstić information content (AvgIpc) is 2.71. The molecule has 1 aliphatic heterocycles. The Balaban J connectivity index is 2.14. The first-order valence-electron chi connectivity index (χ1n) is 5.86. The summed E-state index contributed by atoms with van der Waals surface area (Å²) in [7, 11) is 3.56. The van der Waals surface area contributed by atoms with Gasteiger partial charge in [-0.05, 0) is 39.9 Å². The van der Waals surface area contributed by atoms with E-state index in [9.17, 15) is 4.79 Å². The lowest BCUT2D eigenvalue weighted by Crippen LogP contribution is -2.29. The van der Waals surface area contributed by atoms with Crippen LogP contribution in [0.15, 0.2) is 0 Å². The number of carbonyl (C=O) groups excluding carboxylic acids is 1. The van der Waals surface area contributed by atoms with Gasteiger partial charge in [-0.1, -0.05) is 0 Å². The van der Waals surface area contributed by atoms with Gasteiger partial charge in [-0.2, -0.15) is 0 Å². The quantitative estimate of drug-likeness (QED) is 0.758. The second-order valence-corrected chi connectivity index (χ2v) is 5.57. The van der Waals surface area contributed by atoms with E-state index in [1.807, 2.05) is 6.92 Å². The molecule has 5 heteroatoms. The maximum absolute atomic E-state index is 11.5. The number of thiazole rings is 1. The molecule has 0 amide bonds. The standard InChI is InChI=1S/C12H18N2O2S/c1-8-10(12(15)16-3)17-11(13-8)9-4-6-14(2)7-5-9/h9H,4-7H2,1-3H3. The Morgan fingerprint density at radius 1 is 1.47 bits per heavy atom. The Labute approximate surface area is 106 Å². The SMILES string of the molecule is COC(=O)c1sc(C2CCN(C)CC2)nc1C. The van der Waals surface area contributed by atoms with Crippen LogP contribution in [0.5, 0.6) is 0 Å². The van der Waals surface area contributed by atoms with Crippen LogP contribution in [-0.4, -0.2) is 43.1 Å². The number of piperidine rings is 1. The zero-order valence-electron chi connectivity index (χ0n) is 10.5. The summed E-state index contributed by atoms with van der Waals surface area (Å²) in [5.74, 6) is 0.243. The molecule has 4 nitrogen and oxygen atoms in total. The number of hydrogen-bond donors (Lipinski definition) is 0. The molecule has 0 aromatic carbocycles. The highest BCUT2D eigenvalue weighted by atomic mass is 32.1. The van der Waals surface area contributed by atoms with E-state index in [2.05, 4.69) is 16.9 Å². The van der Waals surface area contributed by atoms with Gasteiger partial charge in [0, 0.05) is 5.92 Å². The van der Waals surface area contributed by atoms with Crippen molar-refractivity contribution in [2.24, 2.45) is 0 Å². The molecule has 0 unspecified atom stereocenters. The maximum Gasteiger partial charge on any atom is 0.349 e. The van der Waals surface area contributed by atoms with Gasteiger partial charge in [0.05, 0.1) is 17.8 Å². The lowest BCUT2D eigenvalue weighted by Gasteiger charge is -2.27. The predicted octanol–water partition coefficient (Wildman–Crippen LogP) is 2.05. The zero-order chi connectivity index (χ0) is 12.4. The van der Waals surface area contributed by atoms with Crippen LogP contribution in [0.2, 0.25) is 0 Å². The molecule has 17 heavy (non-hydrogen) atoms. The molecule has 2 heterocycles. The molecule has 0 atom stereocenters. The van der Waals surface area contributed by atoms with E-state index in [-0.39, 0.29) is 5.97 Å². The molecule has 0 radical (unpaired) electrons. The molecule has 0 saturated carbocycles. The molecule has 1 aromatic rings. The molecule has 0 aliphatic carbocycles. The van der Waals surface area contributed by atoms with Gasteiger partial charge in [0.25, 0.3) is 0 Å². The van der Waals surface area contributed by atoms with Crippen LogP contribution >= 0.6 is 11.3 Å². The number of likely N-dealkylation sites (tertiary alicyclic amines) is 1. The number of hydrogen-bond acceptors (Lipinski definition) is 5. The monoisotopic (exact) mass is 254 g/mol. The van der Waals surface area contributed by atoms with Crippen molar-refractivity contribution in [1.29, 1.82) is 0 Å². The topological polar surface area (TPSA) is 42.4 Å². The van der Waals surface area contributed by atoms with E-state index in [0.717, 1.165) is 36.6 Å². The number of esters is 1. The van der Waals surface area contributed by atoms with E-state index >= 15 is 0 Å². The minimum absolute atomic E-state index is 0.265. The van der Waals surface area contributed by atoms with Crippen LogP contribution in [0.3, 0.4) is 0 Å². The number of nitrogens with zero attached hydrogens (tertiary/aromatic N) is 2. The summed E-state index contributed by atoms with van der Waals surface area (Å²) in [5, 5.41) is 1.09. The summed E-state index contributed by atoms with van der Waals surface area (Å²) in [4.78, 5) is 19.0. The van der Waals surface area contributed by atoms with Gasteiger partial charge in [0.15, 0.2) is 0 Å². The van der Waals surface area contributed by atoms with Crippen LogP contribution in [0, 0.1) is 6.92 Å². The van der Waals surface area contributed by atoms with Crippen molar-refractivity contribution in [1.82, 2.24) is 9.88 Å². The Bertz CT molecular complexity index is 409. The van der Waals surface area contributed by atoms with Crippen molar-refractivity contribution in [3.63, 3.8) is 0 Å². The minimum Gasteiger partial charge on any atom is -0.465 e. The van der Waals surface area contributed by atoms with Gasteiger partial charge < -0.3 is 9.64 Å². The normalized spacial score (nSPS) is 18.3. The molecule has 1 aliphatic rings. The van der Waals surface area contributed by atoms with Crippen LogP contribution in [0.25, 0.3) is 0 Å². The second kappa shape index (κ2) is 5.14. The summed E-state index contributed by atoms with van der Waals surface area (Å²) in [6.45, 7) is 4.09. The molecule has 2 rings (SSSR count). The third-order valence-corrected chi connectivity index (χ3v) is 4.55. The van der Waals surface area contributed by atoms with E-state index in [1.165, 1.54) is 18.4 Å². The predicted molar refractivity (Wildman–Crippen MR) is 67.7 cm³/mol. The largest absolute Gasteiger partial charge is 0.465 e. The van der Waals surface area contributed by atoms with E-state index in [0.29, 0.717) is 10.8 Å². The van der Waals surface area contributed by atoms with E-state index in [4.69, 9.17) is 4.74 Å². The highest BCUT2D eigenvalue weighted by Crippen LogP contribution is 2.32. The number of carbonyl (C=O) groups is 1. The summed E-state index contributed by atoms with van der Waals surface area (Å²) in [6, 6.07) is 0. The molecule has 1 saturated heterocycles. The summed E-state index contributed by atoms with van der Waals surface area (Å²) < 4.78 is 4.76. The van der Waals surface area contributed by atoms with Crippen LogP contribution in [0.1, 0.15) is 39.1 Å². The highest BCUT2D eigenvalue weighted by molar-refractivity contribution is 7.13. The molecular weight excluding hydrogens is 236 g/mol. The Morgan fingerprint density at radius 3 is 2.71 bits per heavy atom. The third-order valence-electron chi connectivity index (χ3n) is 3.25. The van der Waals surface area contributed by atoms with E-state index < -0.39 is 0 Å². The van der Waals surface area contributed by atoms with E-state index in [1.54, 1.807) is 0 Å². The van der Waals surface area contributed by atoms with Crippen molar-refractivity contribution in [3.05, 3.63) is 15.6 Å². The van der Waals surface area contributed by atoms with Gasteiger partial charge in [0.2, 0.25) is 0 Å². The number of methoxy groups -OCH3 is 1. The molecule has 1 fully saturated rings. The van der Waals surface area contributed by atoms with Gasteiger partial charge in [-0.25, -0.2) is 9.78 Å². The lowest BCUT2D eigenvalue weighted by molar-refractivity contribution is 0.0605. The Kier molecular flexibility index (Phi) is 3.79. The molecule has 1 aromatic heterocycles. The van der Waals surface area contributed by atoms with Crippen LogP contribution in [0.4, 0.5) is 0 Å². The number of ether oxygens (including phenoxy) is 1. The van der Waals surface area contributed by atoms with Crippen molar-refractivity contribution < 1.29 is 9.53 Å². The zero-order valence-corrected chi connectivity index (χ0v) is 11.3. The summed E-state index contributed by atoms with van der Waals surface area (Å²) in [5.41, 5.74) is 0.802. The first-order valence-corrected chi connectivity index (χ1v) is 6.67. The van der Waals surface area contributed by atoms with Crippen LogP contribution < -0.4 is 0 Å². The van der Waals surface area contributed by atoms with Crippen LogP contribution in [-0.2, 0) is 4.74 Å². The van der Waals surface area contributed by atoms with Crippen molar-refractivity contribution in [2.45, 2.75) is 25.7 Å². The van der Waals surface area contributed by atoms with Crippen molar-refractivity contribution in [3.8, 4) is 0 Å². The van der Waals surface area contributed by atoms with Gasteiger partial charge in [0.1, 0.15) is 4.88 Å². The number of rotatable bonds is 2. The first kappa shape index (κ1) is 12.5. The second-order valence-electron chi connectivity index (χ2n) is 4.54. The van der Waals surface area contributed by atoms with Crippen molar-refractivity contribution >= 4 is 17.3 Å². The summed E-state index contributed by atoms with van der Waals surface area (Å²) in [6.07, 6.45) is 2.26. The molecule has 0 spiro atoms. The average molecular weight is 254 g/mol. The fraction of sp³-hybridized carbons (Fsp3) is 0.667. The smallest absolute Gasteiger partial charge is 0.349 e. The molecular formula is C12H18N2O2S. The fourth-order valence-corrected chi connectivity index (χ4v) is 3.28. The number of aromatic nitrogens is 1. The van der Waals surface area contributed by atoms with Gasteiger partial charge in [-0.3, -0.25) is 0 Å². The van der Waals surface area contributed by atoms with Gasteiger partial charge in [-0.15, -0.1) is 11.3 Å². The Morgan fingerprint density at radius 2 is 2.12 bits per heavy atom.